The standard InChI is InChI=1S/C28H30F4N2O8S/c1-41-23-14-21(29)24(42-17-10-8-15(9-11-17)27(37)38)13-20(23)26(36)34-22-7-3-6-19(22)25(35)33-16-4-2-5-18(12-16)43(39,40)28(30,31)32/h2,4-5,12-15,17,19,22H,3,6-11H2,1H3,(H,33,35)(H,34,36)(H,37,38)/t15-,17+,19-,22+/m0/s1. The quantitative estimate of drug-likeness (QED) is 0.338. The molecular weight excluding hydrogens is 600 g/mol. The van der Waals surface area contributed by atoms with E-state index < -0.39 is 67.8 Å². The van der Waals surface area contributed by atoms with Gasteiger partial charge in [0.2, 0.25) is 5.91 Å². The van der Waals surface area contributed by atoms with Crippen molar-refractivity contribution in [2.45, 2.75) is 67.5 Å². The van der Waals surface area contributed by atoms with Gasteiger partial charge in [-0.25, -0.2) is 12.8 Å². The number of nitrogens with one attached hydrogen (secondary N) is 2. The predicted molar refractivity (Wildman–Crippen MR) is 144 cm³/mol. The van der Waals surface area contributed by atoms with E-state index in [1.165, 1.54) is 19.2 Å². The van der Waals surface area contributed by atoms with E-state index in [1.54, 1.807) is 0 Å². The van der Waals surface area contributed by atoms with Gasteiger partial charge in [-0.15, -0.1) is 0 Å². The van der Waals surface area contributed by atoms with Gasteiger partial charge in [0.05, 0.1) is 35.5 Å². The second kappa shape index (κ2) is 12.8. The van der Waals surface area contributed by atoms with E-state index in [1.807, 2.05) is 0 Å². The average molecular weight is 631 g/mol. The highest BCUT2D eigenvalue weighted by molar-refractivity contribution is 7.92. The molecule has 0 bridgehead atoms. The molecule has 0 aromatic heterocycles. The van der Waals surface area contributed by atoms with Crippen molar-refractivity contribution in [3.05, 3.63) is 47.8 Å². The summed E-state index contributed by atoms with van der Waals surface area (Å²) >= 11 is 0. The van der Waals surface area contributed by atoms with E-state index in [-0.39, 0.29) is 22.7 Å². The monoisotopic (exact) mass is 630 g/mol. The molecule has 2 atom stereocenters. The third-order valence-corrected chi connectivity index (χ3v) is 9.19. The van der Waals surface area contributed by atoms with Gasteiger partial charge in [-0.05, 0) is 62.8 Å². The van der Waals surface area contributed by atoms with Crippen LogP contribution in [0.2, 0.25) is 0 Å². The number of carboxylic acids is 1. The van der Waals surface area contributed by atoms with Crippen molar-refractivity contribution >= 4 is 33.3 Å². The van der Waals surface area contributed by atoms with Crippen LogP contribution < -0.4 is 20.1 Å². The van der Waals surface area contributed by atoms with Crippen molar-refractivity contribution in [3.8, 4) is 11.5 Å². The molecule has 10 nitrogen and oxygen atoms in total. The highest BCUT2D eigenvalue weighted by Crippen LogP contribution is 2.35. The molecule has 0 saturated heterocycles. The molecular formula is C28H30F4N2O8S. The molecule has 2 aromatic rings. The number of hydrogen-bond acceptors (Lipinski definition) is 7. The van der Waals surface area contributed by atoms with Crippen LogP contribution in [-0.4, -0.2) is 56.1 Å². The number of hydrogen-bond donors (Lipinski definition) is 3. The molecule has 2 aliphatic rings. The van der Waals surface area contributed by atoms with Gasteiger partial charge in [0.1, 0.15) is 5.75 Å². The molecule has 234 valence electrons. The summed E-state index contributed by atoms with van der Waals surface area (Å²) in [6.45, 7) is 0. The van der Waals surface area contributed by atoms with E-state index >= 15 is 0 Å². The lowest BCUT2D eigenvalue weighted by atomic mass is 9.87. The molecule has 2 saturated carbocycles. The number of carbonyl (C=O) groups is 3. The topological polar surface area (TPSA) is 148 Å². The Balaban J connectivity index is 1.46. The lowest BCUT2D eigenvalue weighted by Gasteiger charge is -2.27. The van der Waals surface area contributed by atoms with Crippen LogP contribution in [-0.2, 0) is 19.4 Å². The molecule has 2 aliphatic carbocycles. The third-order valence-electron chi connectivity index (χ3n) is 7.70. The molecule has 43 heavy (non-hydrogen) atoms. The van der Waals surface area contributed by atoms with E-state index in [0.29, 0.717) is 51.0 Å². The Morgan fingerprint density at radius 2 is 1.67 bits per heavy atom. The van der Waals surface area contributed by atoms with Crippen LogP contribution in [0.4, 0.5) is 23.2 Å². The Labute approximate surface area is 244 Å². The summed E-state index contributed by atoms with van der Waals surface area (Å²) in [6, 6.07) is 5.28. The zero-order chi connectivity index (χ0) is 31.5. The van der Waals surface area contributed by atoms with Gasteiger partial charge in [-0.2, -0.15) is 13.2 Å². The molecule has 0 radical (unpaired) electrons. The third kappa shape index (κ3) is 7.20. The van der Waals surface area contributed by atoms with Crippen molar-refractivity contribution < 1.29 is 54.9 Å². The Kier molecular flexibility index (Phi) is 9.52. The minimum absolute atomic E-state index is 0.0609. The minimum Gasteiger partial charge on any atom is -0.496 e. The number of carboxylic acid groups (broad SMARTS) is 1. The van der Waals surface area contributed by atoms with E-state index in [4.69, 9.17) is 9.47 Å². The first-order chi connectivity index (χ1) is 20.2. The van der Waals surface area contributed by atoms with Crippen molar-refractivity contribution in [2.24, 2.45) is 11.8 Å². The van der Waals surface area contributed by atoms with Crippen LogP contribution in [0.25, 0.3) is 0 Å². The summed E-state index contributed by atoms with van der Waals surface area (Å²) < 4.78 is 88.1. The van der Waals surface area contributed by atoms with Crippen LogP contribution >= 0.6 is 0 Å². The second-order valence-electron chi connectivity index (χ2n) is 10.5. The van der Waals surface area contributed by atoms with Gasteiger partial charge in [-0.3, -0.25) is 14.4 Å². The normalized spacial score (nSPS) is 22.4. The van der Waals surface area contributed by atoms with Gasteiger partial charge >= 0.3 is 11.5 Å². The molecule has 2 fully saturated rings. The molecule has 0 heterocycles. The first-order valence-corrected chi connectivity index (χ1v) is 15.0. The lowest BCUT2D eigenvalue weighted by Crippen LogP contribution is -2.42. The molecule has 0 spiro atoms. The lowest BCUT2D eigenvalue weighted by molar-refractivity contribution is -0.143. The fourth-order valence-electron chi connectivity index (χ4n) is 5.38. The number of sulfone groups is 1. The van der Waals surface area contributed by atoms with Crippen LogP contribution in [0.15, 0.2) is 41.3 Å². The SMILES string of the molecule is COc1cc(F)c(O[C@H]2CC[C@@H](C(=O)O)CC2)cc1C(=O)N[C@@H]1CCC[C@@H]1C(=O)Nc1cccc(S(=O)(=O)C(F)(F)F)c1. The summed E-state index contributed by atoms with van der Waals surface area (Å²) in [5, 5.41) is 14.4. The zero-order valence-electron chi connectivity index (χ0n) is 22.9. The Morgan fingerprint density at radius 3 is 2.30 bits per heavy atom. The smallest absolute Gasteiger partial charge is 0.496 e. The zero-order valence-corrected chi connectivity index (χ0v) is 23.8. The number of anilines is 1. The highest BCUT2D eigenvalue weighted by Gasteiger charge is 2.47. The van der Waals surface area contributed by atoms with Crippen molar-refractivity contribution in [1.29, 1.82) is 0 Å². The summed E-state index contributed by atoms with van der Waals surface area (Å²) in [6.07, 6.45) is 2.37. The molecule has 3 N–H and O–H groups in total. The Hall–Kier alpha value is -3.88. The number of amides is 2. The fraction of sp³-hybridized carbons (Fsp3) is 0.464. The summed E-state index contributed by atoms with van der Waals surface area (Å²) in [5.74, 6) is -4.56. The van der Waals surface area contributed by atoms with Gasteiger partial charge in [0, 0.05) is 17.8 Å². The van der Waals surface area contributed by atoms with Crippen LogP contribution in [0.3, 0.4) is 0 Å². The highest BCUT2D eigenvalue weighted by atomic mass is 32.2. The number of ether oxygens (including phenoxy) is 2. The van der Waals surface area contributed by atoms with Gasteiger partial charge < -0.3 is 25.2 Å². The summed E-state index contributed by atoms with van der Waals surface area (Å²) in [5.41, 5.74) is -5.73. The summed E-state index contributed by atoms with van der Waals surface area (Å²) in [7, 11) is -4.37. The maximum absolute atomic E-state index is 14.8. The predicted octanol–water partition coefficient (Wildman–Crippen LogP) is 4.69. The molecule has 0 unspecified atom stereocenters. The summed E-state index contributed by atoms with van der Waals surface area (Å²) in [4.78, 5) is 36.5. The fourth-order valence-corrected chi connectivity index (χ4v) is 6.19. The number of methoxy groups -OCH3 is 1. The minimum atomic E-state index is -5.62. The van der Waals surface area contributed by atoms with Crippen LogP contribution in [0.1, 0.15) is 55.3 Å². The Morgan fingerprint density at radius 1 is 0.977 bits per heavy atom. The Bertz CT molecular complexity index is 1490. The second-order valence-corrected chi connectivity index (χ2v) is 12.4. The van der Waals surface area contributed by atoms with E-state index in [2.05, 4.69) is 10.6 Å². The van der Waals surface area contributed by atoms with Gasteiger partial charge in [-0.1, -0.05) is 12.5 Å². The molecule has 2 aromatic carbocycles. The van der Waals surface area contributed by atoms with Crippen molar-refractivity contribution in [2.75, 3.05) is 12.4 Å². The molecule has 2 amide bonds. The van der Waals surface area contributed by atoms with Crippen LogP contribution in [0, 0.1) is 17.7 Å². The number of aliphatic carboxylic acids is 1. The molecule has 0 aliphatic heterocycles. The number of carbonyl (C=O) groups excluding carboxylic acids is 2. The first kappa shape index (κ1) is 32.0. The first-order valence-electron chi connectivity index (χ1n) is 13.5. The maximum atomic E-state index is 14.8. The van der Waals surface area contributed by atoms with Gasteiger partial charge in [0.15, 0.2) is 11.6 Å². The average Bonchev–Trinajstić information content (AvgIpc) is 3.42. The largest absolute Gasteiger partial charge is 0.501 e. The number of rotatable bonds is 9. The number of benzene rings is 2. The number of halogens is 4. The van der Waals surface area contributed by atoms with Gasteiger partial charge in [0.25, 0.3) is 15.7 Å². The van der Waals surface area contributed by atoms with Crippen molar-refractivity contribution in [3.63, 3.8) is 0 Å². The maximum Gasteiger partial charge on any atom is 0.501 e. The van der Waals surface area contributed by atoms with Crippen molar-refractivity contribution in [1.82, 2.24) is 5.32 Å². The van der Waals surface area contributed by atoms with E-state index in [0.717, 1.165) is 18.2 Å². The van der Waals surface area contributed by atoms with E-state index in [9.17, 15) is 45.5 Å². The molecule has 15 heteroatoms. The molecule has 4 rings (SSSR count). The number of alkyl halides is 3. The van der Waals surface area contributed by atoms with Crippen LogP contribution in [0.5, 0.6) is 11.5 Å².